The van der Waals surface area contributed by atoms with Crippen LogP contribution in [-0.2, 0) is 28.0 Å². The number of nitrogens with zero attached hydrogens (tertiary/aromatic N) is 2. The molecule has 1 heterocycles. The molecule has 1 fully saturated rings. The van der Waals surface area contributed by atoms with Gasteiger partial charge in [0.2, 0.25) is 0 Å². The van der Waals surface area contributed by atoms with E-state index in [0.29, 0.717) is 22.4 Å². The summed E-state index contributed by atoms with van der Waals surface area (Å²) in [6.45, 7) is 1.34. The number of alkyl halides is 1. The molecule has 1 amide bonds. The van der Waals surface area contributed by atoms with Gasteiger partial charge in [-0.25, -0.2) is 30.4 Å². The standard InChI is InChI=1S/C30H27F5N4O3S/c1-17(43(41,42)38-29-27(34)25(32)23(14-31)26(33)28(29)35)30(40)39(22-11-12-24-21(13-22)15-36-37-24)16-18-7-9-20(10-8-18)19-5-3-2-4-6-19/h7-13,15,19,38H,1-6,14,16H2,(H,36,37). The van der Waals surface area contributed by atoms with Crippen molar-refractivity contribution in [3.8, 4) is 0 Å². The number of sulfonamides is 1. The molecule has 1 aliphatic rings. The molecule has 0 radical (unpaired) electrons. The molecule has 1 saturated carbocycles. The van der Waals surface area contributed by atoms with Crippen molar-refractivity contribution in [3.63, 3.8) is 0 Å². The first-order valence-electron chi connectivity index (χ1n) is 13.5. The number of H-pyrrole nitrogens is 1. The Hall–Kier alpha value is -4.26. The van der Waals surface area contributed by atoms with E-state index < -0.39 is 62.0 Å². The highest BCUT2D eigenvalue weighted by Crippen LogP contribution is 2.34. The molecule has 2 N–H and O–H groups in total. The van der Waals surface area contributed by atoms with Gasteiger partial charge in [-0.15, -0.1) is 0 Å². The number of carbonyl (C=O) groups excluding carboxylic acids is 1. The Morgan fingerprint density at radius 3 is 2.26 bits per heavy atom. The zero-order chi connectivity index (χ0) is 30.9. The SMILES string of the molecule is C=C(C(=O)N(Cc1ccc(C2CCCCC2)cc1)c1ccc2[nH]ncc2c1)S(=O)(=O)Nc1c(F)c(F)c(CF)c(F)c1F. The van der Waals surface area contributed by atoms with Gasteiger partial charge in [-0.3, -0.25) is 14.6 Å². The minimum atomic E-state index is -5.17. The van der Waals surface area contributed by atoms with Gasteiger partial charge in [0.1, 0.15) is 17.3 Å². The third-order valence-electron chi connectivity index (χ3n) is 7.66. The van der Waals surface area contributed by atoms with E-state index in [0.717, 1.165) is 30.6 Å². The lowest BCUT2D eigenvalue weighted by Gasteiger charge is -2.25. The molecule has 7 nitrogen and oxygen atoms in total. The van der Waals surface area contributed by atoms with Crippen LogP contribution >= 0.6 is 0 Å². The van der Waals surface area contributed by atoms with Crippen LogP contribution in [0, 0.1) is 23.3 Å². The lowest BCUT2D eigenvalue weighted by molar-refractivity contribution is -0.114. The fourth-order valence-corrected chi connectivity index (χ4v) is 6.15. The van der Waals surface area contributed by atoms with Crippen molar-refractivity contribution in [1.29, 1.82) is 0 Å². The Morgan fingerprint density at radius 2 is 1.63 bits per heavy atom. The van der Waals surface area contributed by atoms with E-state index in [1.54, 1.807) is 18.2 Å². The summed E-state index contributed by atoms with van der Waals surface area (Å²) in [5, 5.41) is 7.32. The molecule has 5 rings (SSSR count). The third-order valence-corrected chi connectivity index (χ3v) is 8.96. The molecule has 43 heavy (non-hydrogen) atoms. The van der Waals surface area contributed by atoms with Crippen LogP contribution in [0.1, 0.15) is 54.7 Å². The lowest BCUT2D eigenvalue weighted by Crippen LogP contribution is -2.35. The van der Waals surface area contributed by atoms with E-state index in [1.807, 2.05) is 24.3 Å². The molecule has 3 aromatic carbocycles. The number of anilines is 2. The van der Waals surface area contributed by atoms with Crippen molar-refractivity contribution in [2.45, 2.75) is 51.2 Å². The quantitative estimate of drug-likeness (QED) is 0.119. The van der Waals surface area contributed by atoms with Crippen LogP contribution < -0.4 is 9.62 Å². The highest BCUT2D eigenvalue weighted by atomic mass is 32.2. The largest absolute Gasteiger partial charge is 0.303 e. The van der Waals surface area contributed by atoms with E-state index in [4.69, 9.17) is 0 Å². The topological polar surface area (TPSA) is 95.2 Å². The summed E-state index contributed by atoms with van der Waals surface area (Å²) in [4.78, 5) is 13.6. The number of halogens is 5. The second kappa shape index (κ2) is 12.2. The molecular weight excluding hydrogens is 591 g/mol. The fourth-order valence-electron chi connectivity index (χ4n) is 5.24. The number of benzene rings is 3. The summed E-state index contributed by atoms with van der Waals surface area (Å²) < 4.78 is 97.6. The van der Waals surface area contributed by atoms with Crippen LogP contribution in [-0.4, -0.2) is 24.5 Å². The molecule has 13 heteroatoms. The number of fused-ring (bicyclic) bond motifs is 1. The number of hydrogen-bond donors (Lipinski definition) is 2. The van der Waals surface area contributed by atoms with E-state index >= 15 is 0 Å². The maximum absolute atomic E-state index is 14.5. The predicted octanol–water partition coefficient (Wildman–Crippen LogP) is 7.13. The zero-order valence-electron chi connectivity index (χ0n) is 22.8. The van der Waals surface area contributed by atoms with Crippen molar-refractivity contribution in [2.24, 2.45) is 0 Å². The molecule has 1 aromatic heterocycles. The average Bonchev–Trinajstić information content (AvgIpc) is 3.49. The van der Waals surface area contributed by atoms with Crippen LogP contribution in [0.25, 0.3) is 10.9 Å². The number of aromatic nitrogens is 2. The highest BCUT2D eigenvalue weighted by Gasteiger charge is 2.33. The fraction of sp³-hybridized carbons (Fsp3) is 0.267. The molecule has 0 saturated heterocycles. The second-order valence-corrected chi connectivity index (χ2v) is 12.1. The summed E-state index contributed by atoms with van der Waals surface area (Å²) in [6, 6.07) is 12.4. The zero-order valence-corrected chi connectivity index (χ0v) is 23.6. The Kier molecular flexibility index (Phi) is 8.54. The van der Waals surface area contributed by atoms with E-state index in [2.05, 4.69) is 16.8 Å². The minimum Gasteiger partial charge on any atom is -0.303 e. The molecule has 4 aromatic rings. The van der Waals surface area contributed by atoms with Crippen LogP contribution in [0.2, 0.25) is 0 Å². The van der Waals surface area contributed by atoms with Gasteiger partial charge in [0.05, 0.1) is 23.8 Å². The number of aromatic amines is 1. The van der Waals surface area contributed by atoms with Gasteiger partial charge in [-0.05, 0) is 48.1 Å². The second-order valence-electron chi connectivity index (χ2n) is 10.4. The number of nitrogens with one attached hydrogen (secondary N) is 2. The van der Waals surface area contributed by atoms with Crippen LogP contribution in [0.4, 0.5) is 33.3 Å². The minimum absolute atomic E-state index is 0.112. The van der Waals surface area contributed by atoms with Crippen molar-refractivity contribution >= 4 is 38.2 Å². The van der Waals surface area contributed by atoms with Gasteiger partial charge < -0.3 is 4.90 Å². The first-order valence-corrected chi connectivity index (χ1v) is 15.0. The van der Waals surface area contributed by atoms with E-state index in [9.17, 15) is 35.2 Å². The van der Waals surface area contributed by atoms with Crippen molar-refractivity contribution < 1.29 is 35.2 Å². The van der Waals surface area contributed by atoms with Crippen molar-refractivity contribution in [2.75, 3.05) is 9.62 Å². The lowest BCUT2D eigenvalue weighted by atomic mass is 9.84. The monoisotopic (exact) mass is 618 g/mol. The molecular formula is C30H27F5N4O3S. The maximum atomic E-state index is 14.5. The average molecular weight is 619 g/mol. The van der Waals surface area contributed by atoms with E-state index in [1.165, 1.54) is 22.9 Å². The van der Waals surface area contributed by atoms with Crippen LogP contribution in [0.3, 0.4) is 0 Å². The Labute approximate surface area is 244 Å². The summed E-state index contributed by atoms with van der Waals surface area (Å²) in [6.07, 6.45) is 7.20. The van der Waals surface area contributed by atoms with Crippen LogP contribution in [0.15, 0.2) is 60.1 Å². The molecule has 226 valence electrons. The van der Waals surface area contributed by atoms with Gasteiger partial charge in [-0.2, -0.15) is 5.10 Å². The third kappa shape index (κ3) is 5.99. The highest BCUT2D eigenvalue weighted by molar-refractivity contribution is 7.97. The molecule has 0 atom stereocenters. The first-order chi connectivity index (χ1) is 20.5. The smallest absolute Gasteiger partial charge is 0.271 e. The first kappa shape index (κ1) is 30.2. The van der Waals surface area contributed by atoms with E-state index in [-0.39, 0.29) is 12.2 Å². The van der Waals surface area contributed by atoms with Gasteiger partial charge in [0, 0.05) is 11.1 Å². The molecule has 0 aliphatic heterocycles. The predicted molar refractivity (Wildman–Crippen MR) is 152 cm³/mol. The number of amides is 1. The Balaban J connectivity index is 1.46. The van der Waals surface area contributed by atoms with Crippen LogP contribution in [0.5, 0.6) is 0 Å². The Morgan fingerprint density at radius 1 is 0.977 bits per heavy atom. The number of rotatable bonds is 9. The maximum Gasteiger partial charge on any atom is 0.271 e. The summed E-state index contributed by atoms with van der Waals surface area (Å²) in [5.41, 5.74) is -0.559. The summed E-state index contributed by atoms with van der Waals surface area (Å²) >= 11 is 0. The molecule has 1 aliphatic carbocycles. The van der Waals surface area contributed by atoms with Crippen molar-refractivity contribution in [1.82, 2.24) is 10.2 Å². The summed E-state index contributed by atoms with van der Waals surface area (Å²) in [7, 11) is -5.17. The number of carbonyl (C=O) groups is 1. The van der Waals surface area contributed by atoms with Gasteiger partial charge in [0.15, 0.2) is 23.3 Å². The molecule has 0 spiro atoms. The molecule has 0 unspecified atom stereocenters. The Bertz CT molecular complexity index is 1770. The molecule has 0 bridgehead atoms. The van der Waals surface area contributed by atoms with Gasteiger partial charge >= 0.3 is 0 Å². The number of hydrogen-bond acceptors (Lipinski definition) is 4. The van der Waals surface area contributed by atoms with Crippen molar-refractivity contribution in [3.05, 3.63) is 100 Å². The summed E-state index contributed by atoms with van der Waals surface area (Å²) in [5.74, 6) is -9.29. The normalized spacial score (nSPS) is 14.2. The van der Waals surface area contributed by atoms with Gasteiger partial charge in [-0.1, -0.05) is 50.1 Å². The van der Waals surface area contributed by atoms with Gasteiger partial charge in [0.25, 0.3) is 15.9 Å².